The van der Waals surface area contributed by atoms with Crippen molar-refractivity contribution in [2.75, 3.05) is 18.4 Å². The summed E-state index contributed by atoms with van der Waals surface area (Å²) < 4.78 is 5.97. The number of amides is 2. The zero-order valence-electron chi connectivity index (χ0n) is 15.5. The molecule has 0 unspecified atom stereocenters. The summed E-state index contributed by atoms with van der Waals surface area (Å²) >= 11 is 0. The van der Waals surface area contributed by atoms with E-state index in [2.05, 4.69) is 15.5 Å². The van der Waals surface area contributed by atoms with Crippen LogP contribution in [0.25, 0.3) is 11.3 Å². The first-order valence-corrected chi connectivity index (χ1v) is 9.34. The average molecular weight is 382 g/mol. The summed E-state index contributed by atoms with van der Waals surface area (Å²) in [6.07, 6.45) is 0.923. The van der Waals surface area contributed by atoms with Gasteiger partial charge in [0.15, 0.2) is 0 Å². The number of anilines is 1. The second-order valence-corrected chi connectivity index (χ2v) is 7.43. The fraction of sp³-hybridized carbons (Fsp3) is 0.400. The molecule has 1 aromatic carbocycles. The lowest BCUT2D eigenvalue weighted by Crippen LogP contribution is -2.29. The molecule has 2 N–H and O–H groups in total. The molecule has 2 aliphatic rings. The summed E-state index contributed by atoms with van der Waals surface area (Å²) in [5.41, 5.74) is 2.36. The molecule has 2 fully saturated rings. The largest absolute Gasteiger partial charge is 0.473 e. The highest BCUT2D eigenvalue weighted by Gasteiger charge is 2.43. The zero-order chi connectivity index (χ0) is 19.7. The number of carbonyl (C=O) groups excluding carboxylic acids is 1. The number of carbonyl (C=O) groups is 2. The number of fused-ring (bicyclic) bond motifs is 1. The summed E-state index contributed by atoms with van der Waals surface area (Å²) in [6, 6.07) is 11.1. The van der Waals surface area contributed by atoms with Crippen molar-refractivity contribution in [2.24, 2.45) is 11.8 Å². The molecule has 0 spiro atoms. The zero-order valence-corrected chi connectivity index (χ0v) is 15.5. The Morgan fingerprint density at radius 3 is 2.29 bits per heavy atom. The van der Waals surface area contributed by atoms with Crippen molar-refractivity contribution >= 4 is 17.7 Å². The predicted octanol–water partition coefficient (Wildman–Crippen LogP) is 2.87. The number of benzene rings is 1. The standard InChI is InChI=1S/C20H22N4O4/c1-12(25)21-16-4-2-13(3-5-16)18-6-7-19(23-22-18)28-17-8-14-10-24(20(26)27)11-15(14)9-17/h2-7,14-15,17H,8-11H2,1H3,(H,21,25)(H,26,27)/t14-,15+,17-. The third-order valence-electron chi connectivity index (χ3n) is 5.41. The van der Waals surface area contributed by atoms with Crippen LogP contribution < -0.4 is 10.1 Å². The van der Waals surface area contributed by atoms with Gasteiger partial charge < -0.3 is 20.1 Å². The summed E-state index contributed by atoms with van der Waals surface area (Å²) in [5, 5.41) is 20.2. The molecule has 4 rings (SSSR count). The Morgan fingerprint density at radius 2 is 1.75 bits per heavy atom. The highest BCUT2D eigenvalue weighted by Crippen LogP contribution is 2.39. The van der Waals surface area contributed by atoms with Gasteiger partial charge in [-0.15, -0.1) is 10.2 Å². The summed E-state index contributed by atoms with van der Waals surface area (Å²) in [5.74, 6) is 1.12. The van der Waals surface area contributed by atoms with Gasteiger partial charge in [-0.2, -0.15) is 0 Å². The Balaban J connectivity index is 1.34. The third kappa shape index (κ3) is 3.90. The first-order valence-electron chi connectivity index (χ1n) is 9.34. The third-order valence-corrected chi connectivity index (χ3v) is 5.41. The molecular formula is C20H22N4O4. The van der Waals surface area contributed by atoms with Gasteiger partial charge in [0.25, 0.3) is 0 Å². The summed E-state index contributed by atoms with van der Waals surface area (Å²) in [7, 11) is 0. The average Bonchev–Trinajstić information content (AvgIpc) is 3.21. The molecule has 8 nitrogen and oxygen atoms in total. The molecule has 146 valence electrons. The van der Waals surface area contributed by atoms with Crippen LogP contribution in [-0.4, -0.2) is 51.4 Å². The topological polar surface area (TPSA) is 105 Å². The minimum atomic E-state index is -0.835. The fourth-order valence-electron chi connectivity index (χ4n) is 4.13. The van der Waals surface area contributed by atoms with Crippen LogP contribution in [0.4, 0.5) is 10.5 Å². The number of nitrogens with one attached hydrogen (secondary N) is 1. The van der Waals surface area contributed by atoms with E-state index in [4.69, 9.17) is 9.84 Å². The highest BCUT2D eigenvalue weighted by atomic mass is 16.5. The maximum atomic E-state index is 11.1. The number of rotatable bonds is 4. The van der Waals surface area contributed by atoms with E-state index < -0.39 is 6.09 Å². The molecule has 1 aromatic heterocycles. The Hall–Kier alpha value is -3.16. The van der Waals surface area contributed by atoms with E-state index in [1.807, 2.05) is 36.4 Å². The van der Waals surface area contributed by atoms with E-state index >= 15 is 0 Å². The van der Waals surface area contributed by atoms with Crippen molar-refractivity contribution in [3.8, 4) is 17.1 Å². The molecule has 1 saturated carbocycles. The van der Waals surface area contributed by atoms with Crippen LogP contribution in [0.3, 0.4) is 0 Å². The lowest BCUT2D eigenvalue weighted by molar-refractivity contribution is -0.114. The molecular weight excluding hydrogens is 360 g/mol. The van der Waals surface area contributed by atoms with E-state index in [0.29, 0.717) is 30.8 Å². The first kappa shape index (κ1) is 18.2. The maximum Gasteiger partial charge on any atom is 0.407 e. The number of ether oxygens (including phenoxy) is 1. The minimum Gasteiger partial charge on any atom is -0.473 e. The Kier molecular flexibility index (Phi) is 4.85. The Labute approximate surface area is 162 Å². The molecule has 0 bridgehead atoms. The number of hydrogen-bond donors (Lipinski definition) is 2. The van der Waals surface area contributed by atoms with Gasteiger partial charge in [-0.05, 0) is 42.9 Å². The smallest absolute Gasteiger partial charge is 0.407 e. The minimum absolute atomic E-state index is 0.0584. The Bertz CT molecular complexity index is 855. The van der Waals surface area contributed by atoms with Gasteiger partial charge in [-0.25, -0.2) is 4.79 Å². The lowest BCUT2D eigenvalue weighted by Gasteiger charge is -2.17. The number of hydrogen-bond acceptors (Lipinski definition) is 5. The molecule has 2 heterocycles. The van der Waals surface area contributed by atoms with Crippen molar-refractivity contribution in [1.82, 2.24) is 15.1 Å². The molecule has 28 heavy (non-hydrogen) atoms. The van der Waals surface area contributed by atoms with Gasteiger partial charge in [-0.3, -0.25) is 4.79 Å². The van der Waals surface area contributed by atoms with Gasteiger partial charge in [0.1, 0.15) is 6.10 Å². The van der Waals surface area contributed by atoms with Crippen LogP contribution in [0.5, 0.6) is 5.88 Å². The quantitative estimate of drug-likeness (QED) is 0.842. The molecule has 1 aliphatic carbocycles. The maximum absolute atomic E-state index is 11.1. The van der Waals surface area contributed by atoms with Crippen molar-refractivity contribution in [1.29, 1.82) is 0 Å². The molecule has 1 aliphatic heterocycles. The van der Waals surface area contributed by atoms with Crippen molar-refractivity contribution in [3.63, 3.8) is 0 Å². The molecule has 1 saturated heterocycles. The predicted molar refractivity (Wildman–Crippen MR) is 102 cm³/mol. The molecule has 8 heteroatoms. The van der Waals surface area contributed by atoms with Gasteiger partial charge in [-0.1, -0.05) is 12.1 Å². The Morgan fingerprint density at radius 1 is 1.07 bits per heavy atom. The number of nitrogens with zero attached hydrogens (tertiary/aromatic N) is 3. The van der Waals surface area contributed by atoms with E-state index in [9.17, 15) is 9.59 Å². The second kappa shape index (κ2) is 7.46. The van der Waals surface area contributed by atoms with Crippen LogP contribution in [0.15, 0.2) is 36.4 Å². The molecule has 2 aromatic rings. The summed E-state index contributed by atoms with van der Waals surface area (Å²) in [4.78, 5) is 23.7. The first-order chi connectivity index (χ1) is 13.5. The van der Waals surface area contributed by atoms with Crippen molar-refractivity contribution < 1.29 is 19.4 Å². The number of aromatic nitrogens is 2. The monoisotopic (exact) mass is 382 g/mol. The van der Waals surface area contributed by atoms with E-state index in [1.54, 1.807) is 0 Å². The van der Waals surface area contributed by atoms with Crippen molar-refractivity contribution in [2.45, 2.75) is 25.9 Å². The van der Waals surface area contributed by atoms with Crippen LogP contribution in [-0.2, 0) is 4.79 Å². The van der Waals surface area contributed by atoms with Gasteiger partial charge >= 0.3 is 6.09 Å². The summed E-state index contributed by atoms with van der Waals surface area (Å²) in [6.45, 7) is 2.66. The second-order valence-electron chi connectivity index (χ2n) is 7.43. The van der Waals surface area contributed by atoms with E-state index in [1.165, 1.54) is 11.8 Å². The lowest BCUT2D eigenvalue weighted by atomic mass is 10.0. The van der Waals surface area contributed by atoms with Gasteiger partial charge in [0.05, 0.1) is 5.69 Å². The van der Waals surface area contributed by atoms with Crippen molar-refractivity contribution in [3.05, 3.63) is 36.4 Å². The van der Waals surface area contributed by atoms with Crippen LogP contribution in [0.1, 0.15) is 19.8 Å². The van der Waals surface area contributed by atoms with Crippen LogP contribution in [0.2, 0.25) is 0 Å². The normalized spacial score (nSPS) is 23.3. The van der Waals surface area contributed by atoms with Gasteiger partial charge in [0.2, 0.25) is 11.8 Å². The van der Waals surface area contributed by atoms with Gasteiger partial charge in [0, 0.05) is 37.3 Å². The fourth-order valence-corrected chi connectivity index (χ4v) is 4.13. The number of likely N-dealkylation sites (tertiary alicyclic amines) is 1. The van der Waals surface area contributed by atoms with E-state index in [0.717, 1.165) is 29.8 Å². The SMILES string of the molecule is CC(=O)Nc1ccc(-c2ccc(O[C@@H]3C[C@@H]4CN(C(=O)O)C[C@@H]4C3)nn2)cc1. The molecule has 0 radical (unpaired) electrons. The van der Waals surface area contributed by atoms with E-state index in [-0.39, 0.29) is 12.0 Å². The highest BCUT2D eigenvalue weighted by molar-refractivity contribution is 5.88. The van der Waals surface area contributed by atoms with Crippen LogP contribution >= 0.6 is 0 Å². The molecule has 3 atom stereocenters. The van der Waals surface area contributed by atoms with Crippen LogP contribution in [0, 0.1) is 11.8 Å². The number of carboxylic acid groups (broad SMARTS) is 1. The molecule has 2 amide bonds.